The molecule has 0 radical (unpaired) electrons. The second kappa shape index (κ2) is 10.4. The van der Waals surface area contributed by atoms with Gasteiger partial charge < -0.3 is 10.5 Å². The molecule has 1 aromatic carbocycles. The van der Waals surface area contributed by atoms with E-state index in [0.29, 0.717) is 30.7 Å². The molecule has 0 aliphatic carbocycles. The van der Waals surface area contributed by atoms with Crippen molar-refractivity contribution in [2.45, 2.75) is 40.5 Å². The van der Waals surface area contributed by atoms with Gasteiger partial charge in [-0.25, -0.2) is 4.98 Å². The van der Waals surface area contributed by atoms with Gasteiger partial charge >= 0.3 is 5.97 Å². The first kappa shape index (κ1) is 22.9. The van der Waals surface area contributed by atoms with Gasteiger partial charge in [0.2, 0.25) is 0 Å². The molecule has 0 aliphatic rings. The molecule has 0 unspecified atom stereocenters. The SMILES string of the molecule is C.C/C=C\C(=C/c1ccccc1C)c1cnn2c(N)cc(CCCC(=O)OC)nc12. The minimum atomic E-state index is -0.222. The van der Waals surface area contributed by atoms with E-state index in [9.17, 15) is 4.79 Å². The summed E-state index contributed by atoms with van der Waals surface area (Å²) < 4.78 is 6.35. The number of hydrogen-bond donors (Lipinski definition) is 1. The predicted molar refractivity (Wildman–Crippen MR) is 123 cm³/mol. The molecule has 2 heterocycles. The van der Waals surface area contributed by atoms with Gasteiger partial charge in [0, 0.05) is 23.7 Å². The van der Waals surface area contributed by atoms with E-state index in [1.165, 1.54) is 12.7 Å². The van der Waals surface area contributed by atoms with E-state index in [-0.39, 0.29) is 13.4 Å². The summed E-state index contributed by atoms with van der Waals surface area (Å²) >= 11 is 0. The molecule has 2 aromatic heterocycles. The topological polar surface area (TPSA) is 82.5 Å². The first-order valence-corrected chi connectivity index (χ1v) is 9.63. The van der Waals surface area contributed by atoms with Crippen molar-refractivity contribution in [3.63, 3.8) is 0 Å². The normalized spacial score (nSPS) is 11.6. The molecule has 0 aliphatic heterocycles. The fourth-order valence-corrected chi connectivity index (χ4v) is 3.20. The zero-order chi connectivity index (χ0) is 20.8. The van der Waals surface area contributed by atoms with Crippen LogP contribution in [0.4, 0.5) is 5.82 Å². The molecule has 0 atom stereocenters. The Labute approximate surface area is 178 Å². The van der Waals surface area contributed by atoms with Gasteiger partial charge in [-0.15, -0.1) is 0 Å². The van der Waals surface area contributed by atoms with Crippen LogP contribution < -0.4 is 5.73 Å². The molecule has 0 saturated carbocycles. The minimum Gasteiger partial charge on any atom is -0.469 e. The van der Waals surface area contributed by atoms with Gasteiger partial charge in [-0.1, -0.05) is 43.8 Å². The smallest absolute Gasteiger partial charge is 0.305 e. The van der Waals surface area contributed by atoms with Crippen LogP contribution in [-0.4, -0.2) is 27.7 Å². The lowest BCUT2D eigenvalue weighted by molar-refractivity contribution is -0.140. The molecule has 0 fully saturated rings. The van der Waals surface area contributed by atoms with Crippen LogP contribution >= 0.6 is 0 Å². The zero-order valence-electron chi connectivity index (χ0n) is 17.1. The summed E-state index contributed by atoms with van der Waals surface area (Å²) in [5, 5.41) is 4.43. The van der Waals surface area contributed by atoms with Crippen LogP contribution in [0.5, 0.6) is 0 Å². The largest absolute Gasteiger partial charge is 0.469 e. The molecule has 0 amide bonds. The predicted octanol–water partition coefficient (Wildman–Crippen LogP) is 4.87. The number of nitrogens with two attached hydrogens (primary N) is 1. The summed E-state index contributed by atoms with van der Waals surface area (Å²) in [7, 11) is 1.40. The highest BCUT2D eigenvalue weighted by Gasteiger charge is 2.13. The van der Waals surface area contributed by atoms with Gasteiger partial charge in [-0.3, -0.25) is 4.79 Å². The lowest BCUT2D eigenvalue weighted by atomic mass is 10.0. The summed E-state index contributed by atoms with van der Waals surface area (Å²) in [6.45, 7) is 4.07. The Morgan fingerprint density at radius 3 is 2.77 bits per heavy atom. The van der Waals surface area contributed by atoms with E-state index in [0.717, 1.165) is 22.4 Å². The Bertz CT molecular complexity index is 1080. The maximum Gasteiger partial charge on any atom is 0.305 e. The Morgan fingerprint density at radius 1 is 1.30 bits per heavy atom. The number of aryl methyl sites for hydroxylation is 2. The number of benzene rings is 1. The van der Waals surface area contributed by atoms with Gasteiger partial charge in [0.05, 0.1) is 13.3 Å². The average Bonchev–Trinajstić information content (AvgIpc) is 3.13. The average molecular weight is 407 g/mol. The highest BCUT2D eigenvalue weighted by molar-refractivity contribution is 5.92. The Hall–Kier alpha value is -3.41. The molecular formula is C24H30N4O2. The maximum atomic E-state index is 11.4. The van der Waals surface area contributed by atoms with E-state index >= 15 is 0 Å². The lowest BCUT2D eigenvalue weighted by Gasteiger charge is -2.07. The van der Waals surface area contributed by atoms with Crippen molar-refractivity contribution in [2.75, 3.05) is 12.8 Å². The van der Waals surface area contributed by atoms with E-state index in [2.05, 4.69) is 30.2 Å². The second-order valence-electron chi connectivity index (χ2n) is 6.85. The Kier molecular flexibility index (Phi) is 7.92. The number of anilines is 1. The maximum absolute atomic E-state index is 11.4. The lowest BCUT2D eigenvalue weighted by Crippen LogP contribution is -2.05. The highest BCUT2D eigenvalue weighted by Crippen LogP contribution is 2.26. The minimum absolute atomic E-state index is 0. The van der Waals surface area contributed by atoms with Crippen molar-refractivity contribution in [1.82, 2.24) is 14.6 Å². The second-order valence-corrected chi connectivity index (χ2v) is 6.85. The van der Waals surface area contributed by atoms with Gasteiger partial charge in [0.15, 0.2) is 5.65 Å². The van der Waals surface area contributed by atoms with Crippen LogP contribution in [0.2, 0.25) is 0 Å². The summed E-state index contributed by atoms with van der Waals surface area (Å²) in [5.74, 6) is 0.297. The van der Waals surface area contributed by atoms with Gasteiger partial charge in [0.25, 0.3) is 0 Å². The standard InChI is InChI=1S/C23H26N4O2.CH4/c1-4-8-18(13-17-10-6-5-9-16(17)2)20-15-25-27-21(24)14-19(26-23(20)27)11-7-12-22(28)29-3;/h4-6,8-10,13-15H,7,11-12,24H2,1-3H3;1H4/b8-4-,18-13+;. The summed E-state index contributed by atoms with van der Waals surface area (Å²) in [6.07, 6.45) is 9.62. The number of allylic oxidation sites excluding steroid dienone is 3. The molecule has 158 valence electrons. The molecule has 30 heavy (non-hydrogen) atoms. The number of esters is 1. The number of fused-ring (bicyclic) bond motifs is 1. The van der Waals surface area contributed by atoms with E-state index < -0.39 is 0 Å². The number of ether oxygens (including phenoxy) is 1. The number of hydrogen-bond acceptors (Lipinski definition) is 5. The summed E-state index contributed by atoms with van der Waals surface area (Å²) in [5.41, 5.74) is 12.0. The molecular weight excluding hydrogens is 376 g/mol. The molecule has 0 saturated heterocycles. The molecule has 0 spiro atoms. The number of carbonyl (C=O) groups excluding carboxylic acids is 1. The summed E-state index contributed by atoms with van der Waals surface area (Å²) in [6, 6.07) is 10.0. The van der Waals surface area contributed by atoms with E-state index in [4.69, 9.17) is 15.5 Å². The van der Waals surface area contributed by atoms with Crippen LogP contribution in [0, 0.1) is 6.92 Å². The first-order valence-electron chi connectivity index (χ1n) is 9.63. The van der Waals surface area contributed by atoms with Crippen molar-refractivity contribution in [1.29, 1.82) is 0 Å². The first-order chi connectivity index (χ1) is 14.0. The fraction of sp³-hybridized carbons (Fsp3) is 0.292. The molecule has 6 nitrogen and oxygen atoms in total. The third-order valence-electron chi connectivity index (χ3n) is 4.75. The Morgan fingerprint density at radius 2 is 2.07 bits per heavy atom. The Balaban J connectivity index is 0.00000320. The van der Waals surface area contributed by atoms with Crippen LogP contribution in [0.1, 0.15) is 49.6 Å². The fourth-order valence-electron chi connectivity index (χ4n) is 3.20. The van der Waals surface area contributed by atoms with Crippen molar-refractivity contribution in [3.8, 4) is 0 Å². The number of rotatable bonds is 7. The van der Waals surface area contributed by atoms with Crippen LogP contribution in [0.3, 0.4) is 0 Å². The molecule has 2 N–H and O–H groups in total. The number of aromatic nitrogens is 3. The van der Waals surface area contributed by atoms with E-state index in [1.54, 1.807) is 16.8 Å². The van der Waals surface area contributed by atoms with E-state index in [1.807, 2.05) is 31.2 Å². The van der Waals surface area contributed by atoms with Gasteiger partial charge in [0.1, 0.15) is 5.82 Å². The zero-order valence-corrected chi connectivity index (χ0v) is 17.1. The third kappa shape index (κ3) is 5.14. The molecule has 0 bridgehead atoms. The number of nitrogen functional groups attached to an aromatic ring is 1. The summed E-state index contributed by atoms with van der Waals surface area (Å²) in [4.78, 5) is 16.1. The molecule has 3 aromatic rings. The number of methoxy groups -OCH3 is 1. The van der Waals surface area contributed by atoms with Crippen molar-refractivity contribution < 1.29 is 9.53 Å². The van der Waals surface area contributed by atoms with Crippen molar-refractivity contribution >= 4 is 29.1 Å². The molecule has 3 rings (SSSR count). The highest BCUT2D eigenvalue weighted by atomic mass is 16.5. The van der Waals surface area contributed by atoms with Gasteiger partial charge in [-0.2, -0.15) is 9.61 Å². The van der Waals surface area contributed by atoms with Crippen molar-refractivity contribution in [3.05, 3.63) is 71.1 Å². The quantitative estimate of drug-likeness (QED) is 0.447. The van der Waals surface area contributed by atoms with Crippen molar-refractivity contribution in [2.24, 2.45) is 0 Å². The van der Waals surface area contributed by atoms with Crippen LogP contribution in [0.25, 0.3) is 17.3 Å². The number of carbonyl (C=O) groups is 1. The monoisotopic (exact) mass is 406 g/mol. The van der Waals surface area contributed by atoms with Crippen LogP contribution in [-0.2, 0) is 16.0 Å². The number of nitrogens with zero attached hydrogens (tertiary/aromatic N) is 3. The molecule has 6 heteroatoms. The van der Waals surface area contributed by atoms with Gasteiger partial charge in [-0.05, 0) is 49.5 Å². The van der Waals surface area contributed by atoms with Crippen LogP contribution in [0.15, 0.2) is 48.7 Å². The third-order valence-corrected chi connectivity index (χ3v) is 4.75.